The zero-order valence-corrected chi connectivity index (χ0v) is 32.1. The van der Waals surface area contributed by atoms with Crippen molar-refractivity contribution in [3.05, 3.63) is 0 Å². The molecule has 0 aromatic rings. The summed E-state index contributed by atoms with van der Waals surface area (Å²) < 4.78 is 0. The van der Waals surface area contributed by atoms with Crippen LogP contribution in [0.25, 0.3) is 0 Å². The van der Waals surface area contributed by atoms with Gasteiger partial charge in [-0.2, -0.15) is 0 Å². The molecule has 0 heterocycles. The summed E-state index contributed by atoms with van der Waals surface area (Å²) in [7, 11) is 0. The summed E-state index contributed by atoms with van der Waals surface area (Å²) in [5, 5.41) is 44.5. The Labute approximate surface area is 308 Å². The van der Waals surface area contributed by atoms with Gasteiger partial charge in [-0.15, -0.1) is 0 Å². The quantitative estimate of drug-likeness (QED) is 0.205. The molecule has 0 aliphatic carbocycles. The molecule has 0 rings (SSSR count). The van der Waals surface area contributed by atoms with Gasteiger partial charge < -0.3 is 30.6 Å². The van der Waals surface area contributed by atoms with Gasteiger partial charge in [0.25, 0.3) is 35.8 Å². The molecule has 0 fully saturated rings. The number of aliphatic carboxylic acids is 6. The van der Waals surface area contributed by atoms with Crippen LogP contribution in [0, 0.1) is 0 Å². The number of carbonyl (C=O) groups is 6. The fraction of sp³-hybridized carbons (Fsp3) is 0.500. The van der Waals surface area contributed by atoms with Crippen LogP contribution in [0.4, 0.5) is 0 Å². The van der Waals surface area contributed by atoms with Crippen LogP contribution in [0.2, 0.25) is 0 Å². The summed E-state index contributed by atoms with van der Waals surface area (Å²) in [6.07, 6.45) is 0. The van der Waals surface area contributed by atoms with Crippen LogP contribution in [0.5, 0.6) is 0 Å². The standard InChI is InChI=1S/6C2H4O2.6Na/c6*1-2(3)4;;;;;;/h6*1H3,(H,3,4);;;;;;. The summed E-state index contributed by atoms with van der Waals surface area (Å²) in [5.74, 6) is -5.00. The molecule has 0 amide bonds. The smallest absolute Gasteiger partial charge is 0.300 e. The Morgan fingerprint density at radius 1 is 0.300 bits per heavy atom. The summed E-state index contributed by atoms with van der Waals surface area (Å²) in [6.45, 7) is 6.50. The Hall–Kier alpha value is 2.82. The van der Waals surface area contributed by atoms with Crippen LogP contribution < -0.4 is 0 Å². The van der Waals surface area contributed by atoms with E-state index in [2.05, 4.69) is 0 Å². The average molecular weight is 498 g/mol. The van der Waals surface area contributed by atoms with Gasteiger partial charge in [0.1, 0.15) is 0 Å². The Balaban J connectivity index is -0.0000000125. The van der Waals surface area contributed by atoms with Crippen molar-refractivity contribution in [3.63, 3.8) is 0 Å². The second-order valence-electron chi connectivity index (χ2n) is 3.11. The van der Waals surface area contributed by atoms with E-state index in [0.717, 1.165) is 41.5 Å². The van der Waals surface area contributed by atoms with Crippen LogP contribution in [-0.2, 0) is 28.8 Å². The van der Waals surface area contributed by atoms with Crippen molar-refractivity contribution in [2.45, 2.75) is 41.5 Å². The second kappa shape index (κ2) is 69.7. The topological polar surface area (TPSA) is 224 Å². The maximum atomic E-state index is 9.00. The zero-order chi connectivity index (χ0) is 21.5. The molecule has 12 nitrogen and oxygen atoms in total. The molecule has 0 spiro atoms. The SMILES string of the molecule is CC(=O)O.CC(=O)O.CC(=O)O.CC(=O)O.CC(=O)O.CC(=O)O.[Na].[Na].[Na].[Na].[Na].[Na]. The first-order valence-electron chi connectivity index (χ1n) is 5.57. The van der Waals surface area contributed by atoms with Crippen molar-refractivity contribution in [2.24, 2.45) is 0 Å². The third kappa shape index (κ3) is 3450. The summed E-state index contributed by atoms with van der Waals surface area (Å²) >= 11 is 0. The number of rotatable bonds is 0. The minimum absolute atomic E-state index is 0. The molecule has 30 heavy (non-hydrogen) atoms. The monoisotopic (exact) mass is 498 g/mol. The Morgan fingerprint density at radius 2 is 0.300 bits per heavy atom. The van der Waals surface area contributed by atoms with Crippen LogP contribution in [0.15, 0.2) is 0 Å². The molecule has 0 bridgehead atoms. The fourth-order valence-corrected chi connectivity index (χ4v) is 0. The minimum Gasteiger partial charge on any atom is -0.481 e. The van der Waals surface area contributed by atoms with Crippen molar-refractivity contribution < 1.29 is 59.4 Å². The zero-order valence-electron chi connectivity index (χ0n) is 20.1. The van der Waals surface area contributed by atoms with Crippen molar-refractivity contribution in [1.82, 2.24) is 0 Å². The van der Waals surface area contributed by atoms with E-state index in [4.69, 9.17) is 59.4 Å². The van der Waals surface area contributed by atoms with E-state index in [-0.39, 0.29) is 177 Å². The average Bonchev–Trinajstić information content (AvgIpc) is 2.08. The van der Waals surface area contributed by atoms with Crippen LogP contribution in [0.3, 0.4) is 0 Å². The molecule has 0 aliphatic heterocycles. The van der Waals surface area contributed by atoms with E-state index in [9.17, 15) is 0 Å². The third-order valence-corrected chi connectivity index (χ3v) is 0. The molecular formula is C12H24Na6O12. The molecule has 0 aromatic carbocycles. The predicted octanol–water partition coefficient (Wildman–Crippen LogP) is -1.74. The molecule has 0 saturated carbocycles. The van der Waals surface area contributed by atoms with E-state index >= 15 is 0 Å². The summed E-state index contributed by atoms with van der Waals surface area (Å²) in [4.78, 5) is 54.0. The number of hydrogen-bond acceptors (Lipinski definition) is 6. The minimum atomic E-state index is -0.833. The largest absolute Gasteiger partial charge is 0.481 e. The number of carboxylic acids is 6. The van der Waals surface area contributed by atoms with E-state index < -0.39 is 35.8 Å². The van der Waals surface area contributed by atoms with Gasteiger partial charge in [-0.1, -0.05) is 0 Å². The van der Waals surface area contributed by atoms with Gasteiger partial charge in [-0.3, -0.25) is 28.8 Å². The molecule has 0 aromatic heterocycles. The Bertz CT molecular complexity index is 277. The normalized spacial score (nSPS) is 5.00. The van der Waals surface area contributed by atoms with Gasteiger partial charge in [-0.05, 0) is 0 Å². The first kappa shape index (κ1) is 76.7. The van der Waals surface area contributed by atoms with Gasteiger partial charge in [0.15, 0.2) is 0 Å². The molecule has 150 valence electrons. The van der Waals surface area contributed by atoms with Gasteiger partial charge in [0.05, 0.1) is 0 Å². The van der Waals surface area contributed by atoms with E-state index in [0.29, 0.717) is 0 Å². The first-order chi connectivity index (χ1) is 10.4. The van der Waals surface area contributed by atoms with Crippen LogP contribution in [0.1, 0.15) is 41.5 Å². The number of hydrogen-bond donors (Lipinski definition) is 6. The molecule has 0 saturated heterocycles. The van der Waals surface area contributed by atoms with Crippen LogP contribution in [-0.4, -0.2) is 244 Å². The van der Waals surface area contributed by atoms with Crippen molar-refractivity contribution >= 4 is 213 Å². The van der Waals surface area contributed by atoms with Crippen molar-refractivity contribution in [1.29, 1.82) is 0 Å². The number of carboxylic acid groups (broad SMARTS) is 6. The van der Waals surface area contributed by atoms with Gasteiger partial charge in [0, 0.05) is 219 Å². The van der Waals surface area contributed by atoms with Gasteiger partial charge in [0.2, 0.25) is 0 Å². The molecule has 0 aliphatic rings. The fourth-order valence-electron chi connectivity index (χ4n) is 0. The van der Waals surface area contributed by atoms with Crippen molar-refractivity contribution in [3.8, 4) is 0 Å². The van der Waals surface area contributed by atoms with Gasteiger partial charge in [-0.25, -0.2) is 0 Å². The van der Waals surface area contributed by atoms with Gasteiger partial charge >= 0.3 is 0 Å². The van der Waals surface area contributed by atoms with Crippen LogP contribution >= 0.6 is 0 Å². The summed E-state index contributed by atoms with van der Waals surface area (Å²) in [5.41, 5.74) is 0. The Kier molecular flexibility index (Phi) is 178. The van der Waals surface area contributed by atoms with Crippen molar-refractivity contribution in [2.75, 3.05) is 0 Å². The first-order valence-corrected chi connectivity index (χ1v) is 5.57. The van der Waals surface area contributed by atoms with E-state index in [1.165, 1.54) is 0 Å². The maximum Gasteiger partial charge on any atom is 0.300 e. The predicted molar refractivity (Wildman–Crippen MR) is 114 cm³/mol. The van der Waals surface area contributed by atoms with E-state index in [1.54, 1.807) is 0 Å². The maximum absolute atomic E-state index is 9.00. The molecule has 18 heteroatoms. The Morgan fingerprint density at radius 3 is 0.300 bits per heavy atom. The molecule has 0 unspecified atom stereocenters. The second-order valence-corrected chi connectivity index (χ2v) is 3.11. The molecule has 0 atom stereocenters. The molecule has 6 N–H and O–H groups in total. The van der Waals surface area contributed by atoms with E-state index in [1.807, 2.05) is 0 Å². The molecule has 6 radical (unpaired) electrons. The summed E-state index contributed by atoms with van der Waals surface area (Å²) in [6, 6.07) is 0. The molecular weight excluding hydrogens is 474 g/mol. The third-order valence-electron chi connectivity index (χ3n) is 0.